The lowest BCUT2D eigenvalue weighted by Gasteiger charge is -2.17. The molecular weight excluding hydrogens is 312 g/mol. The summed E-state index contributed by atoms with van der Waals surface area (Å²) in [5.74, 6) is 0.918. The molecule has 0 aliphatic carbocycles. The summed E-state index contributed by atoms with van der Waals surface area (Å²) in [5.41, 5.74) is 0.864. The van der Waals surface area contributed by atoms with Crippen molar-refractivity contribution in [3.05, 3.63) is 42.5 Å². The molecule has 1 N–H and O–H groups in total. The van der Waals surface area contributed by atoms with Gasteiger partial charge in [-0.3, -0.25) is 0 Å². The lowest BCUT2D eigenvalue weighted by atomic mass is 10.3. The third-order valence-corrected chi connectivity index (χ3v) is 5.63. The number of nitrogens with zero attached hydrogens (tertiary/aromatic N) is 3. The fourth-order valence-electron chi connectivity index (χ4n) is 2.17. The molecule has 1 aromatic heterocycles. The highest BCUT2D eigenvalue weighted by atomic mass is 32.2. The summed E-state index contributed by atoms with van der Waals surface area (Å²) in [6.07, 6.45) is 5.46. The van der Waals surface area contributed by atoms with Crippen molar-refractivity contribution in [1.29, 1.82) is 0 Å². The summed E-state index contributed by atoms with van der Waals surface area (Å²) >= 11 is 0. The van der Waals surface area contributed by atoms with Crippen LogP contribution < -0.4 is 5.32 Å². The number of aryl methyl sites for hydroxylation is 1. The largest absolute Gasteiger partial charge is 0.378 e. The highest BCUT2D eigenvalue weighted by Crippen LogP contribution is 2.18. The molecule has 23 heavy (non-hydrogen) atoms. The van der Waals surface area contributed by atoms with Gasteiger partial charge in [0.1, 0.15) is 5.82 Å². The van der Waals surface area contributed by atoms with Gasteiger partial charge < -0.3 is 9.88 Å². The zero-order valence-corrected chi connectivity index (χ0v) is 14.7. The number of aromatic nitrogens is 2. The Bertz CT molecular complexity index is 723. The highest BCUT2D eigenvalue weighted by Gasteiger charge is 2.19. The van der Waals surface area contributed by atoms with Crippen LogP contribution in [0.4, 0.5) is 5.69 Å². The molecule has 1 heterocycles. The minimum Gasteiger partial charge on any atom is -0.378 e. The SMILES string of the molecule is CCCCN(C)S(=O)(=O)c1ccc(NCc2nccn2C)cc1. The number of rotatable bonds is 8. The molecule has 0 amide bonds. The van der Waals surface area contributed by atoms with Crippen LogP contribution in [0.1, 0.15) is 25.6 Å². The van der Waals surface area contributed by atoms with Gasteiger partial charge in [0, 0.05) is 38.7 Å². The Labute approximate surface area is 138 Å². The summed E-state index contributed by atoms with van der Waals surface area (Å²) in [6, 6.07) is 6.84. The summed E-state index contributed by atoms with van der Waals surface area (Å²) in [4.78, 5) is 4.56. The number of benzene rings is 1. The molecule has 2 rings (SSSR count). The first kappa shape index (κ1) is 17.5. The van der Waals surface area contributed by atoms with Gasteiger partial charge in [0.2, 0.25) is 10.0 Å². The van der Waals surface area contributed by atoms with Gasteiger partial charge in [-0.2, -0.15) is 0 Å². The average molecular weight is 336 g/mol. The first-order valence-electron chi connectivity index (χ1n) is 7.71. The summed E-state index contributed by atoms with van der Waals surface area (Å²) in [5, 5.41) is 3.24. The Balaban J connectivity index is 2.02. The van der Waals surface area contributed by atoms with E-state index in [1.54, 1.807) is 37.5 Å². The van der Waals surface area contributed by atoms with Crippen LogP contribution in [0, 0.1) is 0 Å². The molecule has 6 nitrogen and oxygen atoms in total. The zero-order valence-electron chi connectivity index (χ0n) is 13.9. The number of unbranched alkanes of at least 4 members (excludes halogenated alkanes) is 1. The van der Waals surface area contributed by atoms with Crippen LogP contribution in [-0.4, -0.2) is 35.9 Å². The summed E-state index contributed by atoms with van der Waals surface area (Å²) < 4.78 is 28.2. The Morgan fingerprint density at radius 3 is 2.52 bits per heavy atom. The van der Waals surface area contributed by atoms with E-state index in [4.69, 9.17) is 0 Å². The van der Waals surface area contributed by atoms with Crippen molar-refractivity contribution in [2.45, 2.75) is 31.2 Å². The molecule has 126 valence electrons. The molecule has 0 saturated heterocycles. The predicted octanol–water partition coefficient (Wildman–Crippen LogP) is 2.45. The number of hydrogen-bond donors (Lipinski definition) is 1. The average Bonchev–Trinajstić information content (AvgIpc) is 2.96. The second kappa shape index (κ2) is 7.61. The molecule has 2 aromatic rings. The number of nitrogens with one attached hydrogen (secondary N) is 1. The Hall–Kier alpha value is -1.86. The molecule has 1 aromatic carbocycles. The lowest BCUT2D eigenvalue weighted by molar-refractivity contribution is 0.459. The molecule has 0 spiro atoms. The number of hydrogen-bond acceptors (Lipinski definition) is 4. The monoisotopic (exact) mass is 336 g/mol. The maximum atomic E-state index is 12.4. The predicted molar refractivity (Wildman–Crippen MR) is 91.7 cm³/mol. The Morgan fingerprint density at radius 1 is 1.26 bits per heavy atom. The van der Waals surface area contributed by atoms with E-state index in [0.717, 1.165) is 24.4 Å². The zero-order chi connectivity index (χ0) is 16.9. The molecule has 0 fully saturated rings. The minimum absolute atomic E-state index is 0.318. The first-order chi connectivity index (χ1) is 10.9. The maximum absolute atomic E-state index is 12.4. The second-order valence-electron chi connectivity index (χ2n) is 5.51. The van der Waals surface area contributed by atoms with Crippen LogP contribution in [0.2, 0.25) is 0 Å². The van der Waals surface area contributed by atoms with E-state index in [9.17, 15) is 8.42 Å². The van der Waals surface area contributed by atoms with Crippen molar-refractivity contribution in [2.75, 3.05) is 18.9 Å². The molecule has 0 bridgehead atoms. The topological polar surface area (TPSA) is 67.2 Å². The highest BCUT2D eigenvalue weighted by molar-refractivity contribution is 7.89. The van der Waals surface area contributed by atoms with Gasteiger partial charge in [0.25, 0.3) is 0 Å². The van der Waals surface area contributed by atoms with Gasteiger partial charge in [0.15, 0.2) is 0 Å². The van der Waals surface area contributed by atoms with Crippen LogP contribution >= 0.6 is 0 Å². The van der Waals surface area contributed by atoms with Crippen LogP contribution in [0.3, 0.4) is 0 Å². The van der Waals surface area contributed by atoms with Gasteiger partial charge >= 0.3 is 0 Å². The van der Waals surface area contributed by atoms with Crippen LogP contribution in [-0.2, 0) is 23.6 Å². The molecule has 0 aliphatic heterocycles. The van der Waals surface area contributed by atoms with Gasteiger partial charge in [-0.25, -0.2) is 17.7 Å². The summed E-state index contributed by atoms with van der Waals surface area (Å²) in [6.45, 7) is 3.17. The molecule has 0 saturated carbocycles. The fourth-order valence-corrected chi connectivity index (χ4v) is 3.38. The van der Waals surface area contributed by atoms with Gasteiger partial charge in [-0.1, -0.05) is 13.3 Å². The first-order valence-corrected chi connectivity index (χ1v) is 9.15. The van der Waals surface area contributed by atoms with Crippen molar-refractivity contribution in [1.82, 2.24) is 13.9 Å². The number of sulfonamides is 1. The van der Waals surface area contributed by atoms with Crippen molar-refractivity contribution in [2.24, 2.45) is 7.05 Å². The minimum atomic E-state index is -3.40. The summed E-state index contributed by atoms with van der Waals surface area (Å²) in [7, 11) is 0.156. The fraction of sp³-hybridized carbons (Fsp3) is 0.438. The van der Waals surface area contributed by atoms with E-state index in [1.165, 1.54) is 4.31 Å². The molecular formula is C16H24N4O2S. The Kier molecular flexibility index (Phi) is 5.79. The van der Waals surface area contributed by atoms with Crippen LogP contribution in [0.25, 0.3) is 0 Å². The van der Waals surface area contributed by atoms with Crippen molar-refractivity contribution < 1.29 is 8.42 Å². The quantitative estimate of drug-likeness (QED) is 0.804. The standard InChI is InChI=1S/C16H24N4O2S/c1-4-5-11-20(3)23(21,22)15-8-6-14(7-9-15)18-13-16-17-10-12-19(16)2/h6-10,12,18H,4-5,11,13H2,1-3H3. The molecule has 7 heteroatoms. The lowest BCUT2D eigenvalue weighted by Crippen LogP contribution is -2.27. The Morgan fingerprint density at radius 2 is 1.96 bits per heavy atom. The third kappa shape index (κ3) is 4.33. The molecule has 0 unspecified atom stereocenters. The number of anilines is 1. The van der Waals surface area contributed by atoms with Crippen molar-refractivity contribution in [3.63, 3.8) is 0 Å². The molecule has 0 aliphatic rings. The van der Waals surface area contributed by atoms with E-state index >= 15 is 0 Å². The molecule has 0 atom stereocenters. The van der Waals surface area contributed by atoms with Crippen molar-refractivity contribution in [3.8, 4) is 0 Å². The third-order valence-electron chi connectivity index (χ3n) is 3.76. The second-order valence-corrected chi connectivity index (χ2v) is 7.56. The van der Waals surface area contributed by atoms with E-state index in [-0.39, 0.29) is 0 Å². The maximum Gasteiger partial charge on any atom is 0.242 e. The normalized spacial score (nSPS) is 11.8. The number of imidazole rings is 1. The van der Waals surface area contributed by atoms with Crippen LogP contribution in [0.15, 0.2) is 41.6 Å². The van der Waals surface area contributed by atoms with Gasteiger partial charge in [0.05, 0.1) is 11.4 Å². The van der Waals surface area contributed by atoms with Gasteiger partial charge in [-0.05, 0) is 30.7 Å². The molecule has 0 radical (unpaired) electrons. The van der Waals surface area contributed by atoms with Crippen LogP contribution in [0.5, 0.6) is 0 Å². The smallest absolute Gasteiger partial charge is 0.242 e. The van der Waals surface area contributed by atoms with E-state index < -0.39 is 10.0 Å². The van der Waals surface area contributed by atoms with E-state index in [1.807, 2.05) is 24.7 Å². The van der Waals surface area contributed by atoms with E-state index in [0.29, 0.717) is 18.0 Å². The van der Waals surface area contributed by atoms with Crippen molar-refractivity contribution >= 4 is 15.7 Å². The van der Waals surface area contributed by atoms with Gasteiger partial charge in [-0.15, -0.1) is 0 Å². The van der Waals surface area contributed by atoms with E-state index in [2.05, 4.69) is 10.3 Å².